The van der Waals surface area contributed by atoms with Crippen molar-refractivity contribution in [2.45, 2.75) is 17.7 Å². The van der Waals surface area contributed by atoms with Crippen molar-refractivity contribution in [1.82, 2.24) is 9.62 Å². The van der Waals surface area contributed by atoms with E-state index < -0.39 is 10.0 Å². The second kappa shape index (κ2) is 8.48. The van der Waals surface area contributed by atoms with E-state index in [1.807, 2.05) is 12.1 Å². The largest absolute Gasteiger partial charge is 0.469 e. The monoisotopic (exact) mass is 378 g/mol. The Morgan fingerprint density at radius 1 is 1.12 bits per heavy atom. The van der Waals surface area contributed by atoms with Gasteiger partial charge in [-0.15, -0.1) is 0 Å². The molecule has 0 bridgehead atoms. The zero-order chi connectivity index (χ0) is 18.4. The predicted octanol–water partition coefficient (Wildman–Crippen LogP) is 1.66. The Balaban J connectivity index is 1.53. The van der Waals surface area contributed by atoms with Crippen LogP contribution in [0.1, 0.15) is 22.5 Å². The third kappa shape index (κ3) is 4.51. The Morgan fingerprint density at radius 2 is 1.85 bits per heavy atom. The minimum absolute atomic E-state index is 0.189. The lowest BCUT2D eigenvalue weighted by Crippen LogP contribution is -2.40. The van der Waals surface area contributed by atoms with Gasteiger partial charge in [0, 0.05) is 31.6 Å². The number of carbonyl (C=O) groups is 1. The standard InChI is InChI=1S/C18H22N2O5S/c21-18(19-9-1-3-16-4-2-12-25-16)15-5-7-17(8-6-15)26(22,23)20-10-13-24-14-11-20/h2,4-8,12H,1,3,9-11,13-14H2,(H,19,21). The van der Waals surface area contributed by atoms with Gasteiger partial charge in [0.05, 0.1) is 24.4 Å². The van der Waals surface area contributed by atoms with Crippen molar-refractivity contribution in [2.24, 2.45) is 0 Å². The fourth-order valence-electron chi connectivity index (χ4n) is 2.74. The first-order valence-electron chi connectivity index (χ1n) is 8.56. The number of rotatable bonds is 7. The van der Waals surface area contributed by atoms with E-state index in [0.29, 0.717) is 38.4 Å². The maximum atomic E-state index is 12.6. The topological polar surface area (TPSA) is 88.8 Å². The molecule has 2 aromatic rings. The highest BCUT2D eigenvalue weighted by atomic mass is 32.2. The minimum atomic E-state index is -3.54. The Labute approximate surface area is 153 Å². The minimum Gasteiger partial charge on any atom is -0.469 e. The molecule has 1 aliphatic rings. The quantitative estimate of drug-likeness (QED) is 0.740. The van der Waals surface area contributed by atoms with Gasteiger partial charge >= 0.3 is 0 Å². The number of hydrogen-bond acceptors (Lipinski definition) is 5. The number of carbonyl (C=O) groups excluding carboxylic acids is 1. The Kier molecular flexibility index (Phi) is 6.08. The molecule has 0 radical (unpaired) electrons. The highest BCUT2D eigenvalue weighted by Crippen LogP contribution is 2.17. The van der Waals surface area contributed by atoms with Gasteiger partial charge in [-0.1, -0.05) is 0 Å². The molecule has 1 amide bonds. The smallest absolute Gasteiger partial charge is 0.251 e. The molecule has 1 aromatic heterocycles. The molecule has 1 fully saturated rings. The zero-order valence-electron chi connectivity index (χ0n) is 14.4. The molecule has 0 atom stereocenters. The maximum absolute atomic E-state index is 12.6. The Hall–Kier alpha value is -2.16. The number of hydrogen-bond donors (Lipinski definition) is 1. The van der Waals surface area contributed by atoms with Crippen molar-refractivity contribution in [3.05, 3.63) is 54.0 Å². The van der Waals surface area contributed by atoms with E-state index in [1.165, 1.54) is 28.6 Å². The lowest BCUT2D eigenvalue weighted by molar-refractivity contribution is 0.0730. The summed E-state index contributed by atoms with van der Waals surface area (Å²) in [5, 5.41) is 2.83. The van der Waals surface area contributed by atoms with Gasteiger partial charge in [0.15, 0.2) is 0 Å². The van der Waals surface area contributed by atoms with Crippen molar-refractivity contribution in [3.8, 4) is 0 Å². The Morgan fingerprint density at radius 3 is 2.50 bits per heavy atom. The summed E-state index contributed by atoms with van der Waals surface area (Å²) >= 11 is 0. The average Bonchev–Trinajstić information content (AvgIpc) is 3.19. The van der Waals surface area contributed by atoms with Gasteiger partial charge in [-0.25, -0.2) is 8.42 Å². The van der Waals surface area contributed by atoms with Crippen LogP contribution >= 0.6 is 0 Å². The van der Waals surface area contributed by atoms with Gasteiger partial charge in [-0.05, 0) is 42.8 Å². The van der Waals surface area contributed by atoms with Crippen molar-refractivity contribution in [1.29, 1.82) is 0 Å². The van der Waals surface area contributed by atoms with Crippen LogP contribution < -0.4 is 5.32 Å². The summed E-state index contributed by atoms with van der Waals surface area (Å²) in [5.41, 5.74) is 0.434. The molecule has 8 heteroatoms. The number of amides is 1. The summed E-state index contributed by atoms with van der Waals surface area (Å²) < 4.78 is 36.9. The van der Waals surface area contributed by atoms with Crippen LogP contribution in [0, 0.1) is 0 Å². The fraction of sp³-hybridized carbons (Fsp3) is 0.389. The van der Waals surface area contributed by atoms with E-state index in [0.717, 1.165) is 18.6 Å². The SMILES string of the molecule is O=C(NCCCc1ccco1)c1ccc(S(=O)(=O)N2CCOCC2)cc1. The van der Waals surface area contributed by atoms with Crippen LogP contribution in [0.2, 0.25) is 0 Å². The van der Waals surface area contributed by atoms with Gasteiger partial charge < -0.3 is 14.5 Å². The summed E-state index contributed by atoms with van der Waals surface area (Å²) in [6.07, 6.45) is 3.15. The summed E-state index contributed by atoms with van der Waals surface area (Å²) in [6.45, 7) is 2.02. The summed E-state index contributed by atoms with van der Waals surface area (Å²) in [5.74, 6) is 0.664. The average molecular weight is 378 g/mol. The van der Waals surface area contributed by atoms with Crippen LogP contribution in [0.4, 0.5) is 0 Å². The number of sulfonamides is 1. The second-order valence-corrected chi connectivity index (χ2v) is 7.92. The lowest BCUT2D eigenvalue weighted by Gasteiger charge is -2.26. The molecule has 7 nitrogen and oxygen atoms in total. The molecular formula is C18H22N2O5S. The molecule has 26 heavy (non-hydrogen) atoms. The van der Waals surface area contributed by atoms with E-state index in [4.69, 9.17) is 9.15 Å². The highest BCUT2D eigenvalue weighted by Gasteiger charge is 2.26. The molecular weight excluding hydrogens is 356 g/mol. The normalized spacial score (nSPS) is 15.7. The van der Waals surface area contributed by atoms with Gasteiger partial charge in [0.25, 0.3) is 5.91 Å². The van der Waals surface area contributed by atoms with E-state index in [1.54, 1.807) is 6.26 Å². The van der Waals surface area contributed by atoms with Crippen LogP contribution in [0.5, 0.6) is 0 Å². The number of aryl methyl sites for hydroxylation is 1. The molecule has 1 aliphatic heterocycles. The summed E-state index contributed by atoms with van der Waals surface area (Å²) in [6, 6.07) is 9.76. The van der Waals surface area contributed by atoms with E-state index >= 15 is 0 Å². The zero-order valence-corrected chi connectivity index (χ0v) is 15.2. The number of benzene rings is 1. The van der Waals surface area contributed by atoms with Gasteiger partial charge in [0.1, 0.15) is 5.76 Å². The summed E-state index contributed by atoms with van der Waals surface area (Å²) in [7, 11) is -3.54. The van der Waals surface area contributed by atoms with Crippen molar-refractivity contribution in [2.75, 3.05) is 32.8 Å². The molecule has 2 heterocycles. The molecule has 0 spiro atoms. The van der Waals surface area contributed by atoms with Crippen LogP contribution in [-0.4, -0.2) is 51.5 Å². The van der Waals surface area contributed by atoms with Crippen molar-refractivity contribution in [3.63, 3.8) is 0 Å². The molecule has 1 aromatic carbocycles. The van der Waals surface area contributed by atoms with E-state index in [-0.39, 0.29) is 10.8 Å². The third-order valence-electron chi connectivity index (χ3n) is 4.19. The number of furan rings is 1. The fourth-order valence-corrected chi connectivity index (χ4v) is 4.14. The molecule has 0 unspecified atom stereocenters. The van der Waals surface area contributed by atoms with Crippen LogP contribution in [0.15, 0.2) is 52.0 Å². The summed E-state index contributed by atoms with van der Waals surface area (Å²) in [4.78, 5) is 12.3. The molecule has 1 N–H and O–H groups in total. The molecule has 1 saturated heterocycles. The molecule has 140 valence electrons. The van der Waals surface area contributed by atoms with Gasteiger partial charge in [-0.2, -0.15) is 4.31 Å². The maximum Gasteiger partial charge on any atom is 0.251 e. The first-order valence-corrected chi connectivity index (χ1v) is 10.00. The third-order valence-corrected chi connectivity index (χ3v) is 6.10. The van der Waals surface area contributed by atoms with Gasteiger partial charge in [0.2, 0.25) is 10.0 Å². The molecule has 0 aliphatic carbocycles. The van der Waals surface area contributed by atoms with Crippen molar-refractivity contribution < 1.29 is 22.4 Å². The molecule has 0 saturated carbocycles. The number of nitrogens with zero attached hydrogens (tertiary/aromatic N) is 1. The van der Waals surface area contributed by atoms with Crippen molar-refractivity contribution >= 4 is 15.9 Å². The molecule has 3 rings (SSSR count). The number of ether oxygens (including phenoxy) is 1. The first kappa shape index (κ1) is 18.6. The van der Waals surface area contributed by atoms with E-state index in [2.05, 4.69) is 5.32 Å². The lowest BCUT2D eigenvalue weighted by atomic mass is 10.2. The van der Waals surface area contributed by atoms with Crippen LogP contribution in [0.25, 0.3) is 0 Å². The first-order chi connectivity index (χ1) is 12.6. The van der Waals surface area contributed by atoms with Crippen LogP contribution in [0.3, 0.4) is 0 Å². The second-order valence-electron chi connectivity index (χ2n) is 5.98. The Bertz CT molecular complexity index is 810. The van der Waals surface area contributed by atoms with E-state index in [9.17, 15) is 13.2 Å². The van der Waals surface area contributed by atoms with Crippen LogP contribution in [-0.2, 0) is 21.2 Å². The van der Waals surface area contributed by atoms with Gasteiger partial charge in [-0.3, -0.25) is 4.79 Å². The predicted molar refractivity (Wildman–Crippen MR) is 95.4 cm³/mol. The number of nitrogens with one attached hydrogen (secondary N) is 1. The highest BCUT2D eigenvalue weighted by molar-refractivity contribution is 7.89. The number of morpholine rings is 1.